The van der Waals surface area contributed by atoms with Crippen LogP contribution in [0, 0.1) is 0 Å². The van der Waals surface area contributed by atoms with E-state index in [9.17, 15) is 13.2 Å². The van der Waals surface area contributed by atoms with E-state index in [1.807, 2.05) is 72.5 Å². The standard InChI is InChI=1S/C32H40ClN3O4S/c1-3-36(32(37)40-25-26-11-6-4-7-12-26)30-18-21-35(22-19-30)20-17-28(27-13-10-14-29(33)23-27)24-34(2)41(38,39)31-15-8-5-9-16-31/h4-16,23,28,30H,3,17-22,24-25H2,1-2H3/t28-/m1/s1. The van der Waals surface area contributed by atoms with Gasteiger partial charge >= 0.3 is 6.09 Å². The first-order chi connectivity index (χ1) is 19.8. The summed E-state index contributed by atoms with van der Waals surface area (Å²) >= 11 is 6.32. The van der Waals surface area contributed by atoms with Crippen LogP contribution in [-0.4, -0.2) is 74.4 Å². The second-order valence-corrected chi connectivity index (χ2v) is 13.0. The molecule has 0 saturated carbocycles. The highest BCUT2D eigenvalue weighted by molar-refractivity contribution is 7.89. The summed E-state index contributed by atoms with van der Waals surface area (Å²) in [6, 6.07) is 26.1. The van der Waals surface area contributed by atoms with Crippen LogP contribution in [0.3, 0.4) is 0 Å². The van der Waals surface area contributed by atoms with E-state index in [1.54, 1.807) is 31.3 Å². The molecule has 1 heterocycles. The Kier molecular flexibility index (Phi) is 11.2. The highest BCUT2D eigenvalue weighted by Crippen LogP contribution is 2.27. The number of carbonyl (C=O) groups excluding carboxylic acids is 1. The van der Waals surface area contributed by atoms with E-state index < -0.39 is 10.0 Å². The van der Waals surface area contributed by atoms with Gasteiger partial charge in [0.05, 0.1) is 4.90 Å². The molecule has 1 aliphatic rings. The van der Waals surface area contributed by atoms with Gasteiger partial charge in [0.25, 0.3) is 0 Å². The van der Waals surface area contributed by atoms with Crippen molar-refractivity contribution in [3.8, 4) is 0 Å². The highest BCUT2D eigenvalue weighted by Gasteiger charge is 2.29. The van der Waals surface area contributed by atoms with E-state index in [1.165, 1.54) is 4.31 Å². The van der Waals surface area contributed by atoms with E-state index in [-0.39, 0.29) is 29.6 Å². The number of sulfonamides is 1. The molecule has 0 aromatic heterocycles. The van der Waals surface area contributed by atoms with Crippen LogP contribution in [0.25, 0.3) is 0 Å². The molecule has 1 aliphatic heterocycles. The van der Waals surface area contributed by atoms with Gasteiger partial charge in [-0.25, -0.2) is 17.5 Å². The Morgan fingerprint density at radius 1 is 1.00 bits per heavy atom. The molecule has 0 bridgehead atoms. The minimum absolute atomic E-state index is 0.0185. The maximum absolute atomic E-state index is 13.2. The van der Waals surface area contributed by atoms with Crippen LogP contribution in [0.4, 0.5) is 4.79 Å². The molecule has 7 nitrogen and oxygen atoms in total. The summed E-state index contributed by atoms with van der Waals surface area (Å²) in [6.07, 6.45) is 2.27. The smallest absolute Gasteiger partial charge is 0.410 e. The predicted octanol–water partition coefficient (Wildman–Crippen LogP) is 6.26. The molecule has 220 valence electrons. The molecule has 1 amide bonds. The SMILES string of the molecule is CCN(C(=O)OCc1ccccc1)C1CCN(CC[C@H](CN(C)S(=O)(=O)c2ccccc2)c2cccc(Cl)c2)CC1. The van der Waals surface area contributed by atoms with Gasteiger partial charge in [-0.15, -0.1) is 0 Å². The molecule has 1 saturated heterocycles. The molecule has 0 radical (unpaired) electrons. The summed E-state index contributed by atoms with van der Waals surface area (Å²) in [5, 5.41) is 0.640. The van der Waals surface area contributed by atoms with Gasteiger partial charge in [-0.05, 0) is 74.0 Å². The Morgan fingerprint density at radius 3 is 2.29 bits per heavy atom. The molecule has 1 fully saturated rings. The molecule has 0 N–H and O–H groups in total. The van der Waals surface area contributed by atoms with Crippen molar-refractivity contribution in [1.29, 1.82) is 0 Å². The third-order valence-corrected chi connectivity index (χ3v) is 9.89. The van der Waals surface area contributed by atoms with Crippen LogP contribution in [0.15, 0.2) is 89.8 Å². The van der Waals surface area contributed by atoms with Gasteiger partial charge in [0.1, 0.15) is 6.61 Å². The Labute approximate surface area is 249 Å². The first-order valence-electron chi connectivity index (χ1n) is 14.2. The predicted molar refractivity (Wildman–Crippen MR) is 164 cm³/mol. The topological polar surface area (TPSA) is 70.2 Å². The summed E-state index contributed by atoms with van der Waals surface area (Å²) in [5.74, 6) is -0.0185. The van der Waals surface area contributed by atoms with Gasteiger partial charge in [0.2, 0.25) is 10.0 Å². The summed E-state index contributed by atoms with van der Waals surface area (Å²) in [6.45, 7) is 5.79. The normalized spacial score (nSPS) is 15.5. The average molecular weight is 598 g/mol. The van der Waals surface area contributed by atoms with Crippen molar-refractivity contribution in [3.05, 3.63) is 101 Å². The van der Waals surface area contributed by atoms with Gasteiger partial charge in [-0.2, -0.15) is 0 Å². The number of nitrogens with zero attached hydrogens (tertiary/aromatic N) is 3. The van der Waals surface area contributed by atoms with Crippen molar-refractivity contribution in [2.45, 2.75) is 49.6 Å². The third-order valence-electron chi connectivity index (χ3n) is 7.82. The van der Waals surface area contributed by atoms with Crippen molar-refractivity contribution in [3.63, 3.8) is 0 Å². The maximum Gasteiger partial charge on any atom is 0.410 e. The number of piperidine rings is 1. The fourth-order valence-corrected chi connectivity index (χ4v) is 6.87. The zero-order chi connectivity index (χ0) is 29.2. The second kappa shape index (κ2) is 14.8. The summed E-state index contributed by atoms with van der Waals surface area (Å²) in [7, 11) is -1.97. The first-order valence-corrected chi connectivity index (χ1v) is 16.1. The van der Waals surface area contributed by atoms with Crippen molar-refractivity contribution in [1.82, 2.24) is 14.1 Å². The molecule has 41 heavy (non-hydrogen) atoms. The second-order valence-electron chi connectivity index (χ2n) is 10.5. The Hall–Kier alpha value is -2.91. The number of ether oxygens (including phenoxy) is 1. The molecule has 0 aliphatic carbocycles. The van der Waals surface area contributed by atoms with Gasteiger partial charge in [0, 0.05) is 44.3 Å². The van der Waals surface area contributed by atoms with Crippen molar-refractivity contribution in [2.75, 3.05) is 39.8 Å². The van der Waals surface area contributed by atoms with Crippen LogP contribution in [0.2, 0.25) is 5.02 Å². The molecule has 1 atom stereocenters. The summed E-state index contributed by atoms with van der Waals surface area (Å²) in [4.78, 5) is 17.4. The van der Waals surface area contributed by atoms with Gasteiger partial charge in [-0.3, -0.25) is 0 Å². The van der Waals surface area contributed by atoms with E-state index in [2.05, 4.69) is 4.90 Å². The van der Waals surface area contributed by atoms with Gasteiger partial charge in [-0.1, -0.05) is 72.3 Å². The lowest BCUT2D eigenvalue weighted by Crippen LogP contribution is -2.47. The van der Waals surface area contributed by atoms with E-state index in [0.29, 0.717) is 18.1 Å². The molecule has 4 rings (SSSR count). The molecule has 0 unspecified atom stereocenters. The van der Waals surface area contributed by atoms with E-state index >= 15 is 0 Å². The fraction of sp³-hybridized carbons (Fsp3) is 0.406. The van der Waals surface area contributed by atoms with Crippen LogP contribution < -0.4 is 0 Å². The number of hydrogen-bond acceptors (Lipinski definition) is 5. The van der Waals surface area contributed by atoms with Crippen molar-refractivity contribution < 1.29 is 17.9 Å². The Morgan fingerprint density at radius 2 is 1.66 bits per heavy atom. The maximum atomic E-state index is 13.2. The monoisotopic (exact) mass is 597 g/mol. The Bertz CT molecular complexity index is 1350. The number of halogens is 1. The van der Waals surface area contributed by atoms with E-state index in [0.717, 1.165) is 50.0 Å². The average Bonchev–Trinajstić information content (AvgIpc) is 3.00. The largest absolute Gasteiger partial charge is 0.445 e. The fourth-order valence-electron chi connectivity index (χ4n) is 5.44. The molecule has 3 aromatic rings. The number of carbonyl (C=O) groups is 1. The molecule has 9 heteroatoms. The highest BCUT2D eigenvalue weighted by atomic mass is 35.5. The third kappa shape index (κ3) is 8.55. The summed E-state index contributed by atoms with van der Waals surface area (Å²) in [5.41, 5.74) is 2.00. The number of hydrogen-bond donors (Lipinski definition) is 0. The van der Waals surface area contributed by atoms with Gasteiger partial charge < -0.3 is 14.5 Å². The quantitative estimate of drug-likeness (QED) is 0.247. The van der Waals surface area contributed by atoms with Crippen LogP contribution >= 0.6 is 11.6 Å². The lowest BCUT2D eigenvalue weighted by Gasteiger charge is -2.38. The minimum Gasteiger partial charge on any atom is -0.445 e. The number of benzene rings is 3. The number of likely N-dealkylation sites (tertiary alicyclic amines) is 1. The number of likely N-dealkylation sites (N-methyl/N-ethyl adjacent to an activating group) is 1. The number of amides is 1. The number of rotatable bonds is 12. The van der Waals surface area contributed by atoms with Gasteiger partial charge in [0.15, 0.2) is 0 Å². The Balaban J connectivity index is 1.34. The van der Waals surface area contributed by atoms with E-state index in [4.69, 9.17) is 16.3 Å². The molecule has 3 aromatic carbocycles. The van der Waals surface area contributed by atoms with Crippen molar-refractivity contribution >= 4 is 27.7 Å². The molecule has 0 spiro atoms. The van der Waals surface area contributed by atoms with Crippen LogP contribution in [0.5, 0.6) is 0 Å². The zero-order valence-electron chi connectivity index (χ0n) is 23.9. The lowest BCUT2D eigenvalue weighted by molar-refractivity contribution is 0.0626. The summed E-state index contributed by atoms with van der Waals surface area (Å²) < 4.78 is 33.5. The van der Waals surface area contributed by atoms with Crippen molar-refractivity contribution in [2.24, 2.45) is 0 Å². The molecular weight excluding hydrogens is 558 g/mol. The lowest BCUT2D eigenvalue weighted by atomic mass is 9.94. The first kappa shape index (κ1) is 31.0. The minimum atomic E-state index is -3.61. The van der Waals surface area contributed by atoms with Crippen LogP contribution in [0.1, 0.15) is 43.2 Å². The molecular formula is C32H40ClN3O4S. The zero-order valence-corrected chi connectivity index (χ0v) is 25.4. The van der Waals surface area contributed by atoms with Crippen LogP contribution in [-0.2, 0) is 21.4 Å².